The van der Waals surface area contributed by atoms with Gasteiger partial charge in [0.05, 0.1) is 35.4 Å². The number of amides is 1. The first-order valence-corrected chi connectivity index (χ1v) is 16.7. The van der Waals surface area contributed by atoms with E-state index in [0.717, 1.165) is 24.3 Å². The molecule has 0 aliphatic carbocycles. The van der Waals surface area contributed by atoms with Gasteiger partial charge in [0.2, 0.25) is 15.9 Å². The summed E-state index contributed by atoms with van der Waals surface area (Å²) in [6.45, 7) is 3.34. The smallest absolute Gasteiger partial charge is 0.261 e. The Morgan fingerprint density at radius 3 is 2.33 bits per heavy atom. The molecule has 2 N–H and O–H groups in total. The Morgan fingerprint density at radius 1 is 1.07 bits per heavy atom. The summed E-state index contributed by atoms with van der Waals surface area (Å²) in [6.07, 6.45) is -0.892. The van der Waals surface area contributed by atoms with Crippen LogP contribution < -0.4 is 9.46 Å². The molecule has 10 nitrogen and oxygen atoms in total. The maximum Gasteiger partial charge on any atom is 0.261 e. The van der Waals surface area contributed by atoms with Crippen LogP contribution in [0.25, 0.3) is 0 Å². The average Bonchev–Trinajstić information content (AvgIpc) is 3.00. The number of carbonyl (C=O) groups excluding carboxylic acids is 1. The first kappa shape index (κ1) is 32.7. The van der Waals surface area contributed by atoms with Gasteiger partial charge < -0.3 is 14.7 Å². The number of likely N-dealkylation sites (N-methyl/N-ethyl adjacent to an activating group) is 1. The summed E-state index contributed by atoms with van der Waals surface area (Å²) >= 11 is 5.93. The minimum absolute atomic E-state index is 0.0549. The number of nitrogens with one attached hydrogen (secondary N) is 1. The van der Waals surface area contributed by atoms with Crippen LogP contribution >= 0.6 is 11.6 Å². The van der Waals surface area contributed by atoms with Gasteiger partial charge in [-0.05, 0) is 73.7 Å². The fourth-order valence-electron chi connectivity index (χ4n) is 4.68. The molecule has 1 aliphatic heterocycles. The fraction of sp³-hybridized carbons (Fsp3) is 0.345. The lowest BCUT2D eigenvalue weighted by Gasteiger charge is -2.33. The lowest BCUT2D eigenvalue weighted by atomic mass is 10.0. The molecule has 0 radical (unpaired) electrons. The van der Waals surface area contributed by atoms with Crippen LogP contribution in [-0.2, 0) is 31.3 Å². The number of fused-ring (bicyclic) bond motifs is 1. The molecule has 0 unspecified atom stereocenters. The summed E-state index contributed by atoms with van der Waals surface area (Å²) in [7, 11) is -6.55. The molecule has 0 saturated heterocycles. The number of benzene rings is 3. The minimum Gasteiger partial charge on any atom is -0.488 e. The predicted octanol–water partition coefficient (Wildman–Crippen LogP) is 3.75. The van der Waals surface area contributed by atoms with Crippen molar-refractivity contribution in [3.63, 3.8) is 0 Å². The highest BCUT2D eigenvalue weighted by atomic mass is 35.5. The van der Waals surface area contributed by atoms with E-state index >= 15 is 0 Å². The molecule has 4 rings (SSSR count). The topological polar surface area (TPSA) is 133 Å². The van der Waals surface area contributed by atoms with E-state index in [1.54, 1.807) is 6.92 Å². The van der Waals surface area contributed by atoms with Crippen molar-refractivity contribution in [1.82, 2.24) is 9.21 Å². The minimum atomic E-state index is -4.07. The molecule has 1 aliphatic rings. The number of ether oxygens (including phenoxy) is 1. The van der Waals surface area contributed by atoms with E-state index in [-0.39, 0.29) is 59.2 Å². The van der Waals surface area contributed by atoms with E-state index in [9.17, 15) is 31.1 Å². The summed E-state index contributed by atoms with van der Waals surface area (Å²) in [5.41, 5.74) is 0.509. The molecular formula is C29H33ClFN3O7S2. The Bertz CT molecular complexity index is 1670. The largest absolute Gasteiger partial charge is 0.488 e. The fourth-order valence-corrected chi connectivity index (χ4v) is 7.04. The number of aliphatic hydroxyl groups is 1. The van der Waals surface area contributed by atoms with E-state index in [0.29, 0.717) is 10.6 Å². The number of sulfonamides is 2. The zero-order valence-electron chi connectivity index (χ0n) is 23.8. The number of hydrogen-bond acceptors (Lipinski definition) is 7. The summed E-state index contributed by atoms with van der Waals surface area (Å²) in [4.78, 5) is 14.9. The number of anilines is 1. The van der Waals surface area contributed by atoms with E-state index in [1.165, 1.54) is 58.7 Å². The van der Waals surface area contributed by atoms with Crippen molar-refractivity contribution >= 4 is 43.2 Å². The van der Waals surface area contributed by atoms with Gasteiger partial charge >= 0.3 is 0 Å². The van der Waals surface area contributed by atoms with Crippen molar-refractivity contribution in [2.45, 2.75) is 42.2 Å². The molecular weight excluding hydrogens is 621 g/mol. The second kappa shape index (κ2) is 13.2. The summed E-state index contributed by atoms with van der Waals surface area (Å²) in [5, 5.41) is 10.3. The number of aliphatic hydroxyl groups excluding tert-OH is 1. The second-order valence-electron chi connectivity index (χ2n) is 10.5. The number of hydrogen-bond donors (Lipinski definition) is 2. The van der Waals surface area contributed by atoms with Crippen LogP contribution in [0.5, 0.6) is 5.75 Å². The molecule has 1 amide bonds. The number of halogens is 2. The molecule has 0 fully saturated rings. The van der Waals surface area contributed by atoms with Crippen molar-refractivity contribution in [1.29, 1.82) is 0 Å². The third-order valence-corrected chi connectivity index (χ3v) is 10.7. The Morgan fingerprint density at radius 2 is 1.70 bits per heavy atom. The zero-order chi connectivity index (χ0) is 31.5. The van der Waals surface area contributed by atoms with Gasteiger partial charge in [0.15, 0.2) is 0 Å². The predicted molar refractivity (Wildman–Crippen MR) is 160 cm³/mol. The Labute approximate surface area is 256 Å². The van der Waals surface area contributed by atoms with E-state index in [4.69, 9.17) is 16.3 Å². The lowest BCUT2D eigenvalue weighted by Crippen LogP contribution is -2.48. The number of nitrogens with zero attached hydrogens (tertiary/aromatic N) is 2. The highest BCUT2D eigenvalue weighted by Crippen LogP contribution is 2.31. The van der Waals surface area contributed by atoms with Gasteiger partial charge in [0, 0.05) is 35.8 Å². The molecule has 0 aromatic heterocycles. The van der Waals surface area contributed by atoms with Crippen LogP contribution in [0.1, 0.15) is 19.4 Å². The van der Waals surface area contributed by atoms with Crippen LogP contribution in [0.15, 0.2) is 76.5 Å². The SMILES string of the molecule is C[C@H](CO)N1C[C@H](C)[C@@H](CN(C)S(=O)(=O)c2ccc(Cl)cc2)Oc2ccc(NS(=O)(=O)c3ccc(F)cc3)cc2CC1=O. The van der Waals surface area contributed by atoms with Crippen LogP contribution in [-0.4, -0.2) is 75.9 Å². The standard InChI is InChI=1S/C29H33ClFN3O7S2/c1-19-16-34(20(2)18-35)29(36)15-21-14-24(32-42(37,38)25-11-6-23(31)7-12-25)8-13-27(21)41-28(19)17-33(3)43(39,40)26-9-4-22(30)5-10-26/h4-14,19-20,28,32,35H,15-18H2,1-3H3/t19-,20+,28+/m0/s1. The maximum absolute atomic E-state index is 13.4. The zero-order valence-corrected chi connectivity index (χ0v) is 26.2. The summed E-state index contributed by atoms with van der Waals surface area (Å²) in [5.74, 6) is -0.988. The second-order valence-corrected chi connectivity index (χ2v) is 14.7. The summed E-state index contributed by atoms with van der Waals surface area (Å²) < 4.78 is 75.8. The van der Waals surface area contributed by atoms with E-state index in [1.807, 2.05) is 6.92 Å². The van der Waals surface area contributed by atoms with Crippen molar-refractivity contribution in [2.24, 2.45) is 5.92 Å². The van der Waals surface area contributed by atoms with Crippen LogP contribution in [0.3, 0.4) is 0 Å². The van der Waals surface area contributed by atoms with E-state index in [2.05, 4.69) is 4.72 Å². The van der Waals surface area contributed by atoms with Gasteiger partial charge in [-0.15, -0.1) is 0 Å². The number of rotatable bonds is 9. The van der Waals surface area contributed by atoms with Crippen molar-refractivity contribution < 1.29 is 35.9 Å². The molecule has 232 valence electrons. The highest BCUT2D eigenvalue weighted by molar-refractivity contribution is 7.92. The van der Waals surface area contributed by atoms with Crippen LogP contribution in [0, 0.1) is 11.7 Å². The third-order valence-electron chi connectivity index (χ3n) is 7.25. The quantitative estimate of drug-likeness (QED) is 0.359. The van der Waals surface area contributed by atoms with Gasteiger partial charge in [-0.2, -0.15) is 4.31 Å². The van der Waals surface area contributed by atoms with Gasteiger partial charge in [-0.3, -0.25) is 9.52 Å². The first-order chi connectivity index (χ1) is 20.2. The monoisotopic (exact) mass is 653 g/mol. The van der Waals surface area contributed by atoms with Gasteiger partial charge in [-0.25, -0.2) is 21.2 Å². The van der Waals surface area contributed by atoms with E-state index < -0.39 is 38.0 Å². The molecule has 14 heteroatoms. The van der Waals surface area contributed by atoms with Crippen molar-refractivity contribution in [3.8, 4) is 5.75 Å². The van der Waals surface area contributed by atoms with Crippen LogP contribution in [0.2, 0.25) is 5.02 Å². The first-order valence-electron chi connectivity index (χ1n) is 13.4. The lowest BCUT2D eigenvalue weighted by molar-refractivity contribution is -0.134. The molecule has 3 aromatic carbocycles. The molecule has 43 heavy (non-hydrogen) atoms. The van der Waals surface area contributed by atoms with Crippen LogP contribution in [0.4, 0.5) is 10.1 Å². The molecule has 0 bridgehead atoms. The maximum atomic E-state index is 13.4. The Balaban J connectivity index is 1.68. The van der Waals surface area contributed by atoms with Gasteiger partial charge in [0.25, 0.3) is 10.0 Å². The molecule has 3 aromatic rings. The Hall–Kier alpha value is -3.23. The Kier molecular flexibility index (Phi) is 10.0. The summed E-state index contributed by atoms with van der Waals surface area (Å²) in [6, 6.07) is 14.1. The van der Waals surface area contributed by atoms with Gasteiger partial charge in [0.1, 0.15) is 17.7 Å². The van der Waals surface area contributed by atoms with Crippen molar-refractivity contribution in [3.05, 3.63) is 83.1 Å². The number of carbonyl (C=O) groups is 1. The third kappa shape index (κ3) is 7.65. The molecule has 0 saturated carbocycles. The average molecular weight is 654 g/mol. The van der Waals surface area contributed by atoms with Gasteiger partial charge in [-0.1, -0.05) is 18.5 Å². The normalized spacial score (nSPS) is 18.7. The van der Waals surface area contributed by atoms with Crippen molar-refractivity contribution in [2.75, 3.05) is 31.5 Å². The molecule has 1 heterocycles. The molecule has 3 atom stereocenters. The molecule has 0 spiro atoms. The highest BCUT2D eigenvalue weighted by Gasteiger charge is 2.33.